The number of carbonyl (C=O) groups is 1. The first kappa shape index (κ1) is 14.6. The first-order valence-electron chi connectivity index (χ1n) is 6.89. The Morgan fingerprint density at radius 2 is 2.18 bits per heavy atom. The molecule has 0 aliphatic heterocycles. The Bertz CT molecular complexity index is 846. The summed E-state index contributed by atoms with van der Waals surface area (Å²) < 4.78 is 17.6. The summed E-state index contributed by atoms with van der Waals surface area (Å²) in [5.74, 6) is -0.566. The molecule has 1 amide bonds. The van der Waals surface area contributed by atoms with Crippen molar-refractivity contribution < 1.29 is 9.18 Å². The monoisotopic (exact) mass is 315 g/mol. The highest BCUT2D eigenvalue weighted by atomic mass is 32.1. The molecule has 0 saturated carbocycles. The van der Waals surface area contributed by atoms with Gasteiger partial charge in [-0.1, -0.05) is 6.07 Å². The Labute approximate surface area is 131 Å². The third kappa shape index (κ3) is 2.57. The predicted octanol–water partition coefficient (Wildman–Crippen LogP) is 3.81. The average Bonchev–Trinajstić information content (AvgIpc) is 2.89. The van der Waals surface area contributed by atoms with Crippen molar-refractivity contribution in [3.8, 4) is 0 Å². The summed E-state index contributed by atoms with van der Waals surface area (Å²) in [6.45, 7) is 4.19. The second kappa shape index (κ2) is 5.81. The van der Waals surface area contributed by atoms with Crippen LogP contribution in [0, 0.1) is 12.7 Å². The second-order valence-electron chi connectivity index (χ2n) is 4.87. The normalized spacial score (nSPS) is 10.9. The van der Waals surface area contributed by atoms with Crippen LogP contribution in [0.15, 0.2) is 36.5 Å². The zero-order chi connectivity index (χ0) is 15.7. The van der Waals surface area contributed by atoms with Crippen molar-refractivity contribution in [3.63, 3.8) is 0 Å². The lowest BCUT2D eigenvalue weighted by molar-refractivity contribution is 0.0988. The van der Waals surface area contributed by atoms with Crippen LogP contribution in [0.5, 0.6) is 0 Å². The van der Waals surface area contributed by atoms with Crippen molar-refractivity contribution in [1.82, 2.24) is 9.36 Å². The molecule has 0 spiro atoms. The standard InChI is InChI=1S/C16H14FN3OS/c1-3-20(13-6-4-5-12(17)8-13)16(21)11-7-14-10(2)19-22-15(14)18-9-11/h4-9H,3H2,1-2H3. The molecule has 0 aliphatic carbocycles. The number of anilines is 1. The van der Waals surface area contributed by atoms with Crippen LogP contribution in [0.4, 0.5) is 10.1 Å². The first-order valence-corrected chi connectivity index (χ1v) is 7.67. The Morgan fingerprint density at radius 1 is 1.36 bits per heavy atom. The van der Waals surface area contributed by atoms with Crippen LogP contribution in [0.1, 0.15) is 23.0 Å². The molecule has 22 heavy (non-hydrogen) atoms. The molecular formula is C16H14FN3OS. The third-order valence-electron chi connectivity index (χ3n) is 3.44. The average molecular weight is 315 g/mol. The molecule has 3 rings (SSSR count). The molecule has 0 N–H and O–H groups in total. The minimum Gasteiger partial charge on any atom is -0.308 e. The molecule has 2 aromatic heterocycles. The van der Waals surface area contributed by atoms with Gasteiger partial charge in [-0.3, -0.25) is 4.79 Å². The molecule has 2 heterocycles. The van der Waals surface area contributed by atoms with Gasteiger partial charge in [0.1, 0.15) is 10.6 Å². The van der Waals surface area contributed by atoms with E-state index < -0.39 is 0 Å². The molecule has 0 atom stereocenters. The molecule has 0 bridgehead atoms. The van der Waals surface area contributed by atoms with E-state index in [0.717, 1.165) is 15.9 Å². The zero-order valence-corrected chi connectivity index (χ0v) is 13.0. The van der Waals surface area contributed by atoms with E-state index in [2.05, 4.69) is 9.36 Å². The molecule has 0 radical (unpaired) electrons. The van der Waals surface area contributed by atoms with Crippen molar-refractivity contribution in [2.75, 3.05) is 11.4 Å². The van der Waals surface area contributed by atoms with Gasteiger partial charge < -0.3 is 4.90 Å². The SMILES string of the molecule is CCN(C(=O)c1cnc2snc(C)c2c1)c1cccc(F)c1. The maximum atomic E-state index is 13.4. The maximum Gasteiger partial charge on any atom is 0.259 e. The van der Waals surface area contributed by atoms with Crippen LogP contribution in [0.3, 0.4) is 0 Å². The minimum absolute atomic E-state index is 0.201. The molecule has 4 nitrogen and oxygen atoms in total. The fourth-order valence-electron chi connectivity index (χ4n) is 2.31. The number of aryl methyl sites for hydroxylation is 1. The number of nitrogens with zero attached hydrogens (tertiary/aromatic N) is 3. The van der Waals surface area contributed by atoms with Gasteiger partial charge in [0.15, 0.2) is 0 Å². The van der Waals surface area contributed by atoms with Gasteiger partial charge in [0.2, 0.25) is 0 Å². The number of hydrogen-bond donors (Lipinski definition) is 0. The number of rotatable bonds is 3. The van der Waals surface area contributed by atoms with Gasteiger partial charge in [0, 0.05) is 23.8 Å². The molecule has 0 aliphatic rings. The fraction of sp³-hybridized carbons (Fsp3) is 0.188. The summed E-state index contributed by atoms with van der Waals surface area (Å²) in [6, 6.07) is 7.81. The largest absolute Gasteiger partial charge is 0.308 e. The molecule has 6 heteroatoms. The predicted molar refractivity (Wildman–Crippen MR) is 85.9 cm³/mol. The molecule has 0 fully saturated rings. The molecule has 1 aromatic carbocycles. The van der Waals surface area contributed by atoms with E-state index in [1.807, 2.05) is 13.8 Å². The molecule has 0 saturated heterocycles. The topological polar surface area (TPSA) is 46.1 Å². The molecule has 0 unspecified atom stereocenters. The minimum atomic E-state index is -0.366. The van der Waals surface area contributed by atoms with E-state index in [1.54, 1.807) is 24.4 Å². The lowest BCUT2D eigenvalue weighted by atomic mass is 10.1. The van der Waals surface area contributed by atoms with E-state index in [-0.39, 0.29) is 11.7 Å². The van der Waals surface area contributed by atoms with E-state index in [0.29, 0.717) is 17.8 Å². The van der Waals surface area contributed by atoms with Crippen LogP contribution in [-0.4, -0.2) is 21.8 Å². The van der Waals surface area contributed by atoms with Crippen LogP contribution >= 0.6 is 11.5 Å². The second-order valence-corrected chi connectivity index (χ2v) is 5.63. The van der Waals surface area contributed by atoms with Crippen LogP contribution < -0.4 is 4.90 Å². The maximum absolute atomic E-state index is 13.4. The number of benzene rings is 1. The highest BCUT2D eigenvalue weighted by Crippen LogP contribution is 2.23. The van der Waals surface area contributed by atoms with Crippen molar-refractivity contribution >= 4 is 33.3 Å². The van der Waals surface area contributed by atoms with Gasteiger partial charge in [-0.15, -0.1) is 0 Å². The Balaban J connectivity index is 2.00. The van der Waals surface area contributed by atoms with E-state index >= 15 is 0 Å². The number of aromatic nitrogens is 2. The van der Waals surface area contributed by atoms with Crippen molar-refractivity contribution in [1.29, 1.82) is 0 Å². The summed E-state index contributed by atoms with van der Waals surface area (Å²) in [5.41, 5.74) is 1.87. The molecule has 112 valence electrons. The fourth-order valence-corrected chi connectivity index (χ4v) is 3.03. The van der Waals surface area contributed by atoms with Gasteiger partial charge >= 0.3 is 0 Å². The lowest BCUT2D eigenvalue weighted by Gasteiger charge is -2.21. The zero-order valence-electron chi connectivity index (χ0n) is 12.2. The van der Waals surface area contributed by atoms with Gasteiger partial charge in [-0.2, -0.15) is 4.37 Å². The highest BCUT2D eigenvalue weighted by molar-refractivity contribution is 7.12. The van der Waals surface area contributed by atoms with E-state index in [1.165, 1.54) is 28.6 Å². The smallest absolute Gasteiger partial charge is 0.259 e. The summed E-state index contributed by atoms with van der Waals surface area (Å²) >= 11 is 1.31. The van der Waals surface area contributed by atoms with Gasteiger partial charge in [0.05, 0.1) is 11.3 Å². The summed E-state index contributed by atoms with van der Waals surface area (Å²) in [5, 5.41) is 0.881. The lowest BCUT2D eigenvalue weighted by Crippen LogP contribution is -2.30. The van der Waals surface area contributed by atoms with Crippen LogP contribution in [0.2, 0.25) is 0 Å². The quantitative estimate of drug-likeness (QED) is 0.738. The summed E-state index contributed by atoms with van der Waals surface area (Å²) in [4.78, 5) is 19.3. The number of fused-ring (bicyclic) bond motifs is 1. The van der Waals surface area contributed by atoms with Gasteiger partial charge in [0.25, 0.3) is 5.91 Å². The van der Waals surface area contributed by atoms with Crippen LogP contribution in [-0.2, 0) is 0 Å². The molecular weight excluding hydrogens is 301 g/mol. The Hall–Kier alpha value is -2.34. The number of hydrogen-bond acceptors (Lipinski definition) is 4. The first-order chi connectivity index (χ1) is 10.6. The van der Waals surface area contributed by atoms with Crippen molar-refractivity contribution in [2.24, 2.45) is 0 Å². The highest BCUT2D eigenvalue weighted by Gasteiger charge is 2.18. The molecule has 3 aromatic rings. The van der Waals surface area contributed by atoms with Crippen molar-refractivity contribution in [2.45, 2.75) is 13.8 Å². The number of pyridine rings is 1. The van der Waals surface area contributed by atoms with Gasteiger partial charge in [-0.25, -0.2) is 9.37 Å². The number of halogens is 1. The van der Waals surface area contributed by atoms with E-state index in [4.69, 9.17) is 0 Å². The summed E-state index contributed by atoms with van der Waals surface area (Å²) in [6.07, 6.45) is 1.55. The van der Waals surface area contributed by atoms with Crippen LogP contribution in [0.25, 0.3) is 10.2 Å². The third-order valence-corrected chi connectivity index (χ3v) is 4.30. The number of carbonyl (C=O) groups excluding carboxylic acids is 1. The van der Waals surface area contributed by atoms with Gasteiger partial charge in [-0.05, 0) is 49.6 Å². The van der Waals surface area contributed by atoms with E-state index in [9.17, 15) is 9.18 Å². The number of amides is 1. The van der Waals surface area contributed by atoms with Crippen molar-refractivity contribution in [3.05, 3.63) is 53.6 Å². The Kier molecular flexibility index (Phi) is 3.85. The summed E-state index contributed by atoms with van der Waals surface area (Å²) in [7, 11) is 0. The Morgan fingerprint density at radius 3 is 2.91 bits per heavy atom.